The van der Waals surface area contributed by atoms with Crippen LogP contribution in [0.25, 0.3) is 10.7 Å². The average Bonchev–Trinajstić information content (AvgIpc) is 3.41. The minimum Gasteiger partial charge on any atom is -0.343 e. The zero-order chi connectivity index (χ0) is 20.1. The Kier molecular flexibility index (Phi) is 6.56. The summed E-state index contributed by atoms with van der Waals surface area (Å²) < 4.78 is 2.51. The predicted octanol–water partition coefficient (Wildman–Crippen LogP) is 4.93. The molecular formula is C22H26N4OS2. The van der Waals surface area contributed by atoms with Gasteiger partial charge in [-0.1, -0.05) is 36.4 Å². The zero-order valence-electron chi connectivity index (χ0n) is 16.4. The van der Waals surface area contributed by atoms with Gasteiger partial charge in [0.25, 0.3) is 0 Å². The lowest BCUT2D eigenvalue weighted by atomic mass is 9.90. The van der Waals surface area contributed by atoms with Crippen molar-refractivity contribution in [2.45, 2.75) is 38.6 Å². The van der Waals surface area contributed by atoms with Crippen molar-refractivity contribution in [3.05, 3.63) is 58.2 Å². The number of rotatable bonds is 7. The molecular weight excluding hydrogens is 400 g/mol. The van der Waals surface area contributed by atoms with E-state index >= 15 is 0 Å². The SMILES string of the molecule is O=C(CCn1c(-c2cccs2)n[nH]c1=S)N1CCC(CCc2ccccc2)CC1. The molecule has 0 radical (unpaired) electrons. The van der Waals surface area contributed by atoms with Crippen LogP contribution in [0.5, 0.6) is 0 Å². The van der Waals surface area contributed by atoms with Gasteiger partial charge >= 0.3 is 0 Å². The summed E-state index contributed by atoms with van der Waals surface area (Å²) in [7, 11) is 0. The van der Waals surface area contributed by atoms with Crippen molar-refractivity contribution in [2.24, 2.45) is 5.92 Å². The molecule has 0 unspecified atom stereocenters. The predicted molar refractivity (Wildman–Crippen MR) is 119 cm³/mol. The van der Waals surface area contributed by atoms with Crippen molar-refractivity contribution in [1.82, 2.24) is 19.7 Å². The largest absolute Gasteiger partial charge is 0.343 e. The van der Waals surface area contributed by atoms with Gasteiger partial charge in [0.1, 0.15) is 0 Å². The van der Waals surface area contributed by atoms with Crippen molar-refractivity contribution in [2.75, 3.05) is 13.1 Å². The standard InChI is InChI=1S/C22H26N4OS2/c27-20(12-15-26-21(23-24-22(26)28)19-7-4-16-29-19)25-13-10-18(11-14-25)9-8-17-5-2-1-3-6-17/h1-7,16,18H,8-15H2,(H,24,28). The third kappa shape index (κ3) is 5.03. The highest BCUT2D eigenvalue weighted by molar-refractivity contribution is 7.71. The van der Waals surface area contributed by atoms with Crippen LogP contribution in [0.2, 0.25) is 0 Å². The minimum atomic E-state index is 0.215. The highest BCUT2D eigenvalue weighted by atomic mass is 32.1. The number of carbonyl (C=O) groups excluding carboxylic acids is 1. The van der Waals surface area contributed by atoms with Gasteiger partial charge in [-0.3, -0.25) is 14.5 Å². The summed E-state index contributed by atoms with van der Waals surface area (Å²) in [6, 6.07) is 14.7. The first-order chi connectivity index (χ1) is 14.2. The number of aryl methyl sites for hydroxylation is 1. The van der Waals surface area contributed by atoms with E-state index in [0.29, 0.717) is 23.7 Å². The number of nitrogens with zero attached hydrogens (tertiary/aromatic N) is 3. The molecule has 0 atom stereocenters. The van der Waals surface area contributed by atoms with E-state index in [0.717, 1.165) is 43.1 Å². The maximum Gasteiger partial charge on any atom is 0.224 e. The monoisotopic (exact) mass is 426 g/mol. The van der Waals surface area contributed by atoms with Crippen molar-refractivity contribution >= 4 is 29.5 Å². The van der Waals surface area contributed by atoms with Crippen LogP contribution in [0.15, 0.2) is 47.8 Å². The van der Waals surface area contributed by atoms with Crippen molar-refractivity contribution < 1.29 is 4.79 Å². The van der Waals surface area contributed by atoms with E-state index in [-0.39, 0.29) is 5.91 Å². The van der Waals surface area contributed by atoms with Gasteiger partial charge in [-0.05, 0) is 60.8 Å². The Morgan fingerprint density at radius 3 is 2.69 bits per heavy atom. The van der Waals surface area contributed by atoms with Gasteiger partial charge in [0.2, 0.25) is 5.91 Å². The van der Waals surface area contributed by atoms with Crippen LogP contribution < -0.4 is 0 Å². The molecule has 1 N–H and O–H groups in total. The number of H-pyrrole nitrogens is 1. The number of likely N-dealkylation sites (tertiary alicyclic amines) is 1. The maximum absolute atomic E-state index is 12.7. The van der Waals surface area contributed by atoms with Crippen LogP contribution in [0.1, 0.15) is 31.2 Å². The molecule has 3 heterocycles. The van der Waals surface area contributed by atoms with Crippen LogP contribution in [0.4, 0.5) is 0 Å². The fourth-order valence-electron chi connectivity index (χ4n) is 3.97. The van der Waals surface area contributed by atoms with Crippen molar-refractivity contribution in [3.63, 3.8) is 0 Å². The maximum atomic E-state index is 12.7. The Morgan fingerprint density at radius 1 is 1.17 bits per heavy atom. The molecule has 0 saturated carbocycles. The fourth-order valence-corrected chi connectivity index (χ4v) is 4.92. The molecule has 1 saturated heterocycles. The number of nitrogens with one attached hydrogen (secondary N) is 1. The molecule has 0 spiro atoms. The molecule has 152 valence electrons. The van der Waals surface area contributed by atoms with Crippen LogP contribution in [0, 0.1) is 10.7 Å². The number of carbonyl (C=O) groups is 1. The lowest BCUT2D eigenvalue weighted by molar-refractivity contribution is -0.132. The van der Waals surface area contributed by atoms with Gasteiger partial charge in [0.05, 0.1) is 4.88 Å². The van der Waals surface area contributed by atoms with Crippen LogP contribution in [0.3, 0.4) is 0 Å². The molecule has 29 heavy (non-hydrogen) atoms. The van der Waals surface area contributed by atoms with Gasteiger partial charge < -0.3 is 4.90 Å². The average molecular weight is 427 g/mol. The first kappa shape index (κ1) is 20.0. The van der Waals surface area contributed by atoms with Gasteiger partial charge in [0.15, 0.2) is 10.6 Å². The lowest BCUT2D eigenvalue weighted by Gasteiger charge is -2.32. The molecule has 2 aromatic heterocycles. The number of thiophene rings is 1. The first-order valence-corrected chi connectivity index (χ1v) is 11.5. The third-order valence-corrected chi connectivity index (χ3v) is 6.88. The Hall–Kier alpha value is -2.25. The second-order valence-electron chi connectivity index (χ2n) is 7.58. The summed E-state index contributed by atoms with van der Waals surface area (Å²) in [5.41, 5.74) is 1.41. The molecule has 1 fully saturated rings. The normalized spacial score (nSPS) is 15.0. The highest BCUT2D eigenvalue weighted by Gasteiger charge is 2.23. The molecule has 4 rings (SSSR count). The number of hydrogen-bond acceptors (Lipinski definition) is 4. The van der Waals surface area contributed by atoms with E-state index < -0.39 is 0 Å². The molecule has 0 bridgehead atoms. The second kappa shape index (κ2) is 9.50. The van der Waals surface area contributed by atoms with E-state index in [2.05, 4.69) is 40.5 Å². The minimum absolute atomic E-state index is 0.215. The van der Waals surface area contributed by atoms with Gasteiger partial charge in [-0.2, -0.15) is 5.10 Å². The summed E-state index contributed by atoms with van der Waals surface area (Å²) in [5, 5.41) is 9.21. The molecule has 7 heteroatoms. The summed E-state index contributed by atoms with van der Waals surface area (Å²) in [4.78, 5) is 15.8. The molecule has 3 aromatic rings. The van der Waals surface area contributed by atoms with E-state index in [1.807, 2.05) is 27.0 Å². The number of benzene rings is 1. The van der Waals surface area contributed by atoms with Gasteiger partial charge in [0, 0.05) is 26.1 Å². The van der Waals surface area contributed by atoms with E-state index in [9.17, 15) is 4.79 Å². The Morgan fingerprint density at radius 2 is 1.97 bits per heavy atom. The summed E-state index contributed by atoms with van der Waals surface area (Å²) in [5.74, 6) is 1.75. The van der Waals surface area contributed by atoms with E-state index in [1.54, 1.807) is 11.3 Å². The van der Waals surface area contributed by atoms with Crippen molar-refractivity contribution in [3.8, 4) is 10.7 Å². The second-order valence-corrected chi connectivity index (χ2v) is 8.91. The quantitative estimate of drug-likeness (QED) is 0.545. The fraction of sp³-hybridized carbons (Fsp3) is 0.409. The zero-order valence-corrected chi connectivity index (χ0v) is 18.1. The summed E-state index contributed by atoms with van der Waals surface area (Å²) in [6.45, 7) is 2.30. The number of amides is 1. The van der Waals surface area contributed by atoms with Crippen LogP contribution in [-0.4, -0.2) is 38.7 Å². The smallest absolute Gasteiger partial charge is 0.224 e. The molecule has 1 aliphatic heterocycles. The Balaban J connectivity index is 1.26. The first-order valence-electron chi connectivity index (χ1n) is 10.2. The number of piperidine rings is 1. The molecule has 1 aliphatic rings. The molecule has 1 amide bonds. The number of aromatic nitrogens is 3. The molecule has 5 nitrogen and oxygen atoms in total. The van der Waals surface area contributed by atoms with Gasteiger partial charge in [-0.25, -0.2) is 0 Å². The Bertz CT molecular complexity index is 970. The lowest BCUT2D eigenvalue weighted by Crippen LogP contribution is -2.38. The Labute approximate surface area is 180 Å². The third-order valence-electron chi connectivity index (χ3n) is 5.70. The van der Waals surface area contributed by atoms with E-state index in [4.69, 9.17) is 12.2 Å². The topological polar surface area (TPSA) is 53.9 Å². The highest BCUT2D eigenvalue weighted by Crippen LogP contribution is 2.25. The number of hydrogen-bond donors (Lipinski definition) is 1. The molecule has 0 aliphatic carbocycles. The summed E-state index contributed by atoms with van der Waals surface area (Å²) >= 11 is 6.99. The molecule has 1 aromatic carbocycles. The number of aromatic amines is 1. The summed E-state index contributed by atoms with van der Waals surface area (Å²) in [6.07, 6.45) is 5.00. The van der Waals surface area contributed by atoms with E-state index in [1.165, 1.54) is 12.0 Å². The van der Waals surface area contributed by atoms with Crippen LogP contribution >= 0.6 is 23.6 Å². The van der Waals surface area contributed by atoms with Crippen molar-refractivity contribution in [1.29, 1.82) is 0 Å². The van der Waals surface area contributed by atoms with Gasteiger partial charge in [-0.15, -0.1) is 11.3 Å². The van der Waals surface area contributed by atoms with Crippen LogP contribution in [-0.2, 0) is 17.8 Å².